The largest absolute Gasteiger partial charge is 0.343 e. The fourth-order valence-corrected chi connectivity index (χ4v) is 3.83. The first-order valence-corrected chi connectivity index (χ1v) is 10.3. The summed E-state index contributed by atoms with van der Waals surface area (Å²) < 4.78 is 15.5. The van der Waals surface area contributed by atoms with Gasteiger partial charge in [-0.1, -0.05) is 48.5 Å². The van der Waals surface area contributed by atoms with Crippen molar-refractivity contribution in [3.8, 4) is 0 Å². The number of nitrogens with one attached hydrogen (secondary N) is 1. The van der Waals surface area contributed by atoms with Crippen LogP contribution in [0.3, 0.4) is 0 Å². The molecule has 0 spiro atoms. The molecule has 0 radical (unpaired) electrons. The van der Waals surface area contributed by atoms with E-state index in [2.05, 4.69) is 15.1 Å². The summed E-state index contributed by atoms with van der Waals surface area (Å²) in [6.45, 7) is 0.594. The minimum Gasteiger partial charge on any atom is -0.343 e. The van der Waals surface area contributed by atoms with Crippen molar-refractivity contribution in [2.24, 2.45) is 5.10 Å². The molecule has 32 heavy (non-hydrogen) atoms. The Labute approximate surface area is 184 Å². The molecule has 0 bridgehead atoms. The van der Waals surface area contributed by atoms with Gasteiger partial charge in [-0.3, -0.25) is 4.79 Å². The van der Waals surface area contributed by atoms with Gasteiger partial charge in [-0.15, -0.1) is 0 Å². The molecule has 5 heteroatoms. The lowest BCUT2D eigenvalue weighted by Gasteiger charge is -2.06. The van der Waals surface area contributed by atoms with Crippen LogP contribution in [-0.4, -0.2) is 16.7 Å². The smallest absolute Gasteiger partial charge is 0.271 e. The molecule has 0 aliphatic heterocycles. The Bertz CT molecular complexity index is 1470. The Hall–Kier alpha value is -4.25. The van der Waals surface area contributed by atoms with Gasteiger partial charge in [0.05, 0.1) is 6.21 Å². The highest BCUT2D eigenvalue weighted by Gasteiger charge is 2.06. The standard InChI is InChI=1S/C27H20FN3O/c28-25-7-3-4-20(15-25)18-31-13-12-23-14-19(8-11-26(23)31)17-29-30-27(32)24-10-9-21-5-1-2-6-22(21)16-24/h1-17H,18H2,(H,30,32)/b29-17+. The van der Waals surface area contributed by atoms with E-state index in [1.807, 2.05) is 72.9 Å². The number of hydrogen-bond donors (Lipinski definition) is 1. The van der Waals surface area contributed by atoms with E-state index in [4.69, 9.17) is 0 Å². The van der Waals surface area contributed by atoms with E-state index in [9.17, 15) is 9.18 Å². The second kappa shape index (κ2) is 8.47. The number of benzene rings is 4. The third kappa shape index (κ3) is 4.14. The van der Waals surface area contributed by atoms with E-state index in [1.54, 1.807) is 24.4 Å². The third-order valence-corrected chi connectivity index (χ3v) is 5.43. The molecule has 1 amide bonds. The van der Waals surface area contributed by atoms with Crippen LogP contribution in [0.2, 0.25) is 0 Å². The van der Waals surface area contributed by atoms with Crippen LogP contribution < -0.4 is 5.43 Å². The van der Waals surface area contributed by atoms with E-state index in [0.717, 1.165) is 32.8 Å². The molecule has 0 unspecified atom stereocenters. The molecule has 0 atom stereocenters. The summed E-state index contributed by atoms with van der Waals surface area (Å²) in [7, 11) is 0. The number of carbonyl (C=O) groups is 1. The maximum atomic E-state index is 13.5. The lowest BCUT2D eigenvalue weighted by atomic mass is 10.1. The number of nitrogens with zero attached hydrogens (tertiary/aromatic N) is 2. The average Bonchev–Trinajstić information content (AvgIpc) is 3.20. The molecule has 0 saturated carbocycles. The first-order chi connectivity index (χ1) is 15.7. The van der Waals surface area contributed by atoms with Crippen molar-refractivity contribution in [1.29, 1.82) is 0 Å². The van der Waals surface area contributed by atoms with Crippen LogP contribution in [0.1, 0.15) is 21.5 Å². The van der Waals surface area contributed by atoms with Crippen LogP contribution >= 0.6 is 0 Å². The first-order valence-electron chi connectivity index (χ1n) is 10.3. The number of carbonyl (C=O) groups excluding carboxylic acids is 1. The van der Waals surface area contributed by atoms with Crippen molar-refractivity contribution in [1.82, 2.24) is 9.99 Å². The number of aromatic nitrogens is 1. The summed E-state index contributed by atoms with van der Waals surface area (Å²) in [5, 5.41) is 7.26. The maximum absolute atomic E-state index is 13.5. The highest BCUT2D eigenvalue weighted by molar-refractivity contribution is 5.99. The Balaban J connectivity index is 1.29. The second-order valence-corrected chi connectivity index (χ2v) is 7.65. The molecule has 1 aromatic heterocycles. The van der Waals surface area contributed by atoms with Gasteiger partial charge in [0.15, 0.2) is 0 Å². The van der Waals surface area contributed by atoms with Crippen LogP contribution in [0.25, 0.3) is 21.7 Å². The zero-order chi connectivity index (χ0) is 21.9. The molecule has 4 aromatic carbocycles. The van der Waals surface area contributed by atoms with Gasteiger partial charge in [0.1, 0.15) is 5.82 Å². The van der Waals surface area contributed by atoms with Crippen molar-refractivity contribution in [3.63, 3.8) is 0 Å². The third-order valence-electron chi connectivity index (χ3n) is 5.43. The van der Waals surface area contributed by atoms with E-state index in [1.165, 1.54) is 6.07 Å². The number of halogens is 1. The number of hydrazone groups is 1. The molecule has 0 aliphatic rings. The lowest BCUT2D eigenvalue weighted by Crippen LogP contribution is -2.17. The monoisotopic (exact) mass is 421 g/mol. The maximum Gasteiger partial charge on any atom is 0.271 e. The topological polar surface area (TPSA) is 46.4 Å². The van der Waals surface area contributed by atoms with Crippen LogP contribution in [-0.2, 0) is 6.54 Å². The predicted octanol–water partition coefficient (Wildman–Crippen LogP) is 5.75. The van der Waals surface area contributed by atoms with Crippen LogP contribution in [0.4, 0.5) is 4.39 Å². The quantitative estimate of drug-likeness (QED) is 0.285. The zero-order valence-corrected chi connectivity index (χ0v) is 17.2. The summed E-state index contributed by atoms with van der Waals surface area (Å²) in [6, 6.07) is 28.1. The van der Waals surface area contributed by atoms with E-state index in [0.29, 0.717) is 12.1 Å². The van der Waals surface area contributed by atoms with Gasteiger partial charge in [-0.25, -0.2) is 9.82 Å². The number of amides is 1. The summed E-state index contributed by atoms with van der Waals surface area (Å²) in [5.74, 6) is -0.488. The lowest BCUT2D eigenvalue weighted by molar-refractivity contribution is 0.0955. The summed E-state index contributed by atoms with van der Waals surface area (Å²) in [4.78, 5) is 12.4. The van der Waals surface area contributed by atoms with E-state index >= 15 is 0 Å². The van der Waals surface area contributed by atoms with Crippen molar-refractivity contribution in [2.75, 3.05) is 0 Å². The Morgan fingerprint density at radius 1 is 0.875 bits per heavy atom. The van der Waals surface area contributed by atoms with Crippen molar-refractivity contribution in [3.05, 3.63) is 120 Å². The highest BCUT2D eigenvalue weighted by atomic mass is 19.1. The molecule has 0 saturated heterocycles. The molecule has 0 aliphatic carbocycles. The van der Waals surface area contributed by atoms with Crippen LogP contribution in [0, 0.1) is 5.82 Å². The van der Waals surface area contributed by atoms with Crippen molar-refractivity contribution in [2.45, 2.75) is 6.54 Å². The molecular formula is C27H20FN3O. The Kier molecular flexibility index (Phi) is 5.22. The van der Waals surface area contributed by atoms with Gasteiger partial charge in [-0.05, 0) is 64.4 Å². The molecule has 5 aromatic rings. The second-order valence-electron chi connectivity index (χ2n) is 7.65. The molecule has 1 heterocycles. The minimum absolute atomic E-state index is 0.233. The Morgan fingerprint density at radius 3 is 2.62 bits per heavy atom. The summed E-state index contributed by atoms with van der Waals surface area (Å²) >= 11 is 0. The molecule has 0 fully saturated rings. The summed E-state index contributed by atoms with van der Waals surface area (Å²) in [5.41, 5.74) is 5.98. The number of fused-ring (bicyclic) bond motifs is 2. The van der Waals surface area contributed by atoms with Gasteiger partial charge >= 0.3 is 0 Å². The van der Waals surface area contributed by atoms with Gasteiger partial charge in [0.25, 0.3) is 5.91 Å². The predicted molar refractivity (Wildman–Crippen MR) is 126 cm³/mol. The number of hydrogen-bond acceptors (Lipinski definition) is 2. The molecule has 5 rings (SSSR count). The molecular weight excluding hydrogens is 401 g/mol. The Morgan fingerprint density at radius 2 is 1.75 bits per heavy atom. The molecule has 1 N–H and O–H groups in total. The van der Waals surface area contributed by atoms with Gasteiger partial charge < -0.3 is 4.57 Å². The van der Waals surface area contributed by atoms with Crippen LogP contribution in [0.5, 0.6) is 0 Å². The average molecular weight is 421 g/mol. The van der Waals surface area contributed by atoms with Gasteiger partial charge in [-0.2, -0.15) is 5.10 Å². The van der Waals surface area contributed by atoms with Crippen molar-refractivity contribution < 1.29 is 9.18 Å². The normalized spacial score (nSPS) is 11.4. The fourth-order valence-electron chi connectivity index (χ4n) is 3.83. The SMILES string of the molecule is O=C(N/N=C/c1ccc2c(ccn2Cc2cccc(F)c2)c1)c1ccc2ccccc2c1. The molecule has 156 valence electrons. The van der Waals surface area contributed by atoms with Crippen molar-refractivity contribution >= 4 is 33.8 Å². The fraction of sp³-hybridized carbons (Fsp3) is 0.0370. The zero-order valence-electron chi connectivity index (χ0n) is 17.2. The molecule has 4 nitrogen and oxygen atoms in total. The van der Waals surface area contributed by atoms with Gasteiger partial charge in [0, 0.05) is 29.2 Å². The van der Waals surface area contributed by atoms with Crippen LogP contribution in [0.15, 0.2) is 102 Å². The first kappa shape index (κ1) is 19.7. The van der Waals surface area contributed by atoms with E-state index in [-0.39, 0.29) is 11.7 Å². The highest BCUT2D eigenvalue weighted by Crippen LogP contribution is 2.19. The minimum atomic E-state index is -0.255. The summed E-state index contributed by atoms with van der Waals surface area (Å²) in [6.07, 6.45) is 3.61. The van der Waals surface area contributed by atoms with Gasteiger partial charge in [0.2, 0.25) is 0 Å². The van der Waals surface area contributed by atoms with E-state index < -0.39 is 0 Å². The number of rotatable bonds is 5.